The quantitative estimate of drug-likeness (QED) is 0.471. The lowest BCUT2D eigenvalue weighted by atomic mass is 10.3. The van der Waals surface area contributed by atoms with E-state index in [0.29, 0.717) is 18.7 Å². The van der Waals surface area contributed by atoms with Crippen molar-refractivity contribution < 1.29 is 4.74 Å². The Kier molecular flexibility index (Phi) is 6.79. The van der Waals surface area contributed by atoms with Gasteiger partial charge in [-0.1, -0.05) is 18.2 Å². The molecule has 1 aromatic rings. The standard InChI is InChI=1S/C15H25N3O/c1-12(2)17-15(18-13(3)4)19-11-10-16-14-8-6-5-7-9-14/h5-9,12-13,16H,10-11H2,1-4H3,(H,17,18). The first-order valence-electron chi connectivity index (χ1n) is 6.84. The van der Waals surface area contributed by atoms with E-state index in [4.69, 9.17) is 4.74 Å². The smallest absolute Gasteiger partial charge is 0.285 e. The average molecular weight is 263 g/mol. The zero-order chi connectivity index (χ0) is 14.1. The van der Waals surface area contributed by atoms with Crippen molar-refractivity contribution in [2.75, 3.05) is 18.5 Å². The second kappa shape index (κ2) is 8.40. The number of benzene rings is 1. The molecule has 4 heteroatoms. The largest absolute Gasteiger partial charge is 0.463 e. The van der Waals surface area contributed by atoms with Crippen LogP contribution in [0.1, 0.15) is 27.7 Å². The average Bonchev–Trinajstić information content (AvgIpc) is 2.34. The van der Waals surface area contributed by atoms with E-state index < -0.39 is 0 Å². The monoisotopic (exact) mass is 263 g/mol. The number of amidine groups is 1. The first-order valence-corrected chi connectivity index (χ1v) is 6.84. The van der Waals surface area contributed by atoms with Crippen LogP contribution in [0, 0.1) is 0 Å². The van der Waals surface area contributed by atoms with Gasteiger partial charge in [-0.2, -0.15) is 0 Å². The van der Waals surface area contributed by atoms with Gasteiger partial charge >= 0.3 is 0 Å². The molecule has 1 rings (SSSR count). The Balaban J connectivity index is 2.32. The number of hydrogen-bond acceptors (Lipinski definition) is 3. The first-order chi connectivity index (χ1) is 9.08. The lowest BCUT2D eigenvalue weighted by Gasteiger charge is -2.15. The molecule has 0 heterocycles. The molecular formula is C15H25N3O. The van der Waals surface area contributed by atoms with Crippen molar-refractivity contribution in [2.45, 2.75) is 39.8 Å². The number of ether oxygens (including phenoxy) is 1. The molecule has 19 heavy (non-hydrogen) atoms. The van der Waals surface area contributed by atoms with E-state index in [1.807, 2.05) is 44.2 Å². The highest BCUT2D eigenvalue weighted by Gasteiger charge is 2.03. The fraction of sp³-hybridized carbons (Fsp3) is 0.533. The molecule has 0 amide bonds. The van der Waals surface area contributed by atoms with Gasteiger partial charge in [-0.25, -0.2) is 4.99 Å². The van der Waals surface area contributed by atoms with E-state index in [1.165, 1.54) is 0 Å². The van der Waals surface area contributed by atoms with Crippen LogP contribution in [0.15, 0.2) is 35.3 Å². The molecule has 0 unspecified atom stereocenters. The van der Waals surface area contributed by atoms with Crippen LogP contribution >= 0.6 is 0 Å². The van der Waals surface area contributed by atoms with Crippen LogP contribution in [0.4, 0.5) is 5.69 Å². The van der Waals surface area contributed by atoms with Crippen molar-refractivity contribution in [3.63, 3.8) is 0 Å². The Labute approximate surface area is 116 Å². The fourth-order valence-corrected chi connectivity index (χ4v) is 1.50. The van der Waals surface area contributed by atoms with Gasteiger partial charge in [-0.05, 0) is 39.8 Å². The van der Waals surface area contributed by atoms with Crippen LogP contribution in [0.5, 0.6) is 0 Å². The Morgan fingerprint density at radius 3 is 2.42 bits per heavy atom. The summed E-state index contributed by atoms with van der Waals surface area (Å²) < 4.78 is 5.66. The van der Waals surface area contributed by atoms with Crippen LogP contribution in [0.2, 0.25) is 0 Å². The maximum absolute atomic E-state index is 5.66. The van der Waals surface area contributed by atoms with E-state index in [1.54, 1.807) is 0 Å². The second-order valence-electron chi connectivity index (χ2n) is 4.97. The minimum absolute atomic E-state index is 0.225. The Bertz CT molecular complexity index is 374. The lowest BCUT2D eigenvalue weighted by Crippen LogP contribution is -2.34. The summed E-state index contributed by atoms with van der Waals surface area (Å²) >= 11 is 0. The van der Waals surface area contributed by atoms with E-state index in [-0.39, 0.29) is 6.04 Å². The number of anilines is 1. The summed E-state index contributed by atoms with van der Waals surface area (Å²) in [5.41, 5.74) is 1.10. The topological polar surface area (TPSA) is 45.7 Å². The van der Waals surface area contributed by atoms with E-state index in [0.717, 1.165) is 12.2 Å². The third-order valence-electron chi connectivity index (χ3n) is 2.23. The molecule has 0 atom stereocenters. The van der Waals surface area contributed by atoms with Crippen molar-refractivity contribution in [1.82, 2.24) is 5.32 Å². The maximum Gasteiger partial charge on any atom is 0.285 e. The number of nitrogens with one attached hydrogen (secondary N) is 2. The molecule has 0 spiro atoms. The minimum Gasteiger partial charge on any atom is -0.463 e. The number of aliphatic imine (C=N–C) groups is 1. The highest BCUT2D eigenvalue weighted by Crippen LogP contribution is 2.03. The number of hydrogen-bond donors (Lipinski definition) is 2. The van der Waals surface area contributed by atoms with Gasteiger partial charge in [0.25, 0.3) is 6.02 Å². The highest BCUT2D eigenvalue weighted by molar-refractivity contribution is 5.74. The van der Waals surface area contributed by atoms with Gasteiger partial charge in [0.15, 0.2) is 0 Å². The molecule has 0 fully saturated rings. The van der Waals surface area contributed by atoms with Gasteiger partial charge < -0.3 is 15.4 Å². The molecule has 0 aliphatic rings. The Morgan fingerprint density at radius 1 is 1.16 bits per heavy atom. The van der Waals surface area contributed by atoms with Gasteiger partial charge in [0.05, 0.1) is 0 Å². The molecule has 0 aliphatic heterocycles. The maximum atomic E-state index is 5.66. The van der Waals surface area contributed by atoms with Crippen LogP contribution in [-0.2, 0) is 4.74 Å². The molecule has 1 aromatic carbocycles. The van der Waals surface area contributed by atoms with Gasteiger partial charge in [-0.15, -0.1) is 0 Å². The molecule has 106 valence electrons. The van der Waals surface area contributed by atoms with Gasteiger partial charge in [0, 0.05) is 24.3 Å². The summed E-state index contributed by atoms with van der Waals surface area (Å²) in [4.78, 5) is 4.42. The van der Waals surface area contributed by atoms with Crippen molar-refractivity contribution in [3.05, 3.63) is 30.3 Å². The fourth-order valence-electron chi connectivity index (χ4n) is 1.50. The van der Waals surface area contributed by atoms with Crippen molar-refractivity contribution >= 4 is 11.7 Å². The van der Waals surface area contributed by atoms with Crippen molar-refractivity contribution in [1.29, 1.82) is 0 Å². The molecule has 2 N–H and O–H groups in total. The molecule has 0 saturated heterocycles. The first kappa shape index (κ1) is 15.3. The molecule has 0 aromatic heterocycles. The summed E-state index contributed by atoms with van der Waals surface area (Å²) in [6.45, 7) is 9.55. The third-order valence-corrected chi connectivity index (χ3v) is 2.23. The van der Waals surface area contributed by atoms with Gasteiger partial charge in [0.2, 0.25) is 0 Å². The van der Waals surface area contributed by atoms with Gasteiger partial charge in [-0.3, -0.25) is 0 Å². The summed E-state index contributed by atoms with van der Waals surface area (Å²) in [6.07, 6.45) is 0. The van der Waals surface area contributed by atoms with Crippen molar-refractivity contribution in [2.24, 2.45) is 4.99 Å². The minimum atomic E-state index is 0.225. The Morgan fingerprint density at radius 2 is 1.84 bits per heavy atom. The van der Waals surface area contributed by atoms with Crippen molar-refractivity contribution in [3.8, 4) is 0 Å². The molecule has 0 saturated carbocycles. The molecule has 4 nitrogen and oxygen atoms in total. The third kappa shape index (κ3) is 7.34. The van der Waals surface area contributed by atoms with Crippen LogP contribution < -0.4 is 10.6 Å². The normalized spacial score (nSPS) is 11.8. The summed E-state index contributed by atoms with van der Waals surface area (Å²) in [5.74, 6) is 0. The van der Waals surface area contributed by atoms with E-state index >= 15 is 0 Å². The predicted molar refractivity (Wildman–Crippen MR) is 81.7 cm³/mol. The summed E-state index contributed by atoms with van der Waals surface area (Å²) in [6, 6.07) is 11.3. The van der Waals surface area contributed by atoms with Gasteiger partial charge in [0.1, 0.15) is 6.61 Å². The zero-order valence-corrected chi connectivity index (χ0v) is 12.3. The number of rotatable bonds is 6. The predicted octanol–water partition coefficient (Wildman–Crippen LogP) is 2.88. The zero-order valence-electron chi connectivity index (χ0n) is 12.3. The van der Waals surface area contributed by atoms with E-state index in [2.05, 4.69) is 29.5 Å². The Hall–Kier alpha value is -1.71. The second-order valence-corrected chi connectivity index (χ2v) is 4.97. The molecule has 0 bridgehead atoms. The van der Waals surface area contributed by atoms with Crippen LogP contribution in [0.3, 0.4) is 0 Å². The van der Waals surface area contributed by atoms with E-state index in [9.17, 15) is 0 Å². The van der Waals surface area contributed by atoms with Crippen LogP contribution in [0.25, 0.3) is 0 Å². The lowest BCUT2D eigenvalue weighted by molar-refractivity contribution is 0.296. The summed E-state index contributed by atoms with van der Waals surface area (Å²) in [7, 11) is 0. The number of nitrogens with zero attached hydrogens (tertiary/aromatic N) is 1. The molecule has 0 radical (unpaired) electrons. The molecular weight excluding hydrogens is 238 g/mol. The SMILES string of the molecule is CC(C)N=C(NC(C)C)OCCNc1ccccc1. The highest BCUT2D eigenvalue weighted by atomic mass is 16.5. The number of para-hydroxylation sites is 1. The molecule has 0 aliphatic carbocycles. The van der Waals surface area contributed by atoms with Crippen LogP contribution in [-0.4, -0.2) is 31.3 Å². The summed E-state index contributed by atoms with van der Waals surface area (Å²) in [5, 5.41) is 6.51.